The number of nitriles is 2. The van der Waals surface area contributed by atoms with Crippen LogP contribution in [0.2, 0.25) is 0 Å². The Hall–Kier alpha value is -2.66. The number of para-hydroxylation sites is 1. The second-order valence-corrected chi connectivity index (χ2v) is 7.05. The standard InChI is InChI=1S/C20H21N3O2/c1-2-3-4-7-14-10-15(24)11-20(19(14,12-21)13-22)16-8-5-6-9-17(16)23-18(20)25/h5-6,8-9,14H,2-4,7,10-11H2,1H3,(H,23,25)/t14-,20-/m0/s1. The van der Waals surface area contributed by atoms with Gasteiger partial charge in [-0.05, 0) is 24.0 Å². The molecule has 5 heteroatoms. The number of hydrogen-bond acceptors (Lipinski definition) is 4. The number of fused-ring (bicyclic) bond motifs is 2. The van der Waals surface area contributed by atoms with Gasteiger partial charge in [-0.1, -0.05) is 44.4 Å². The van der Waals surface area contributed by atoms with Crippen LogP contribution in [0.3, 0.4) is 0 Å². The summed E-state index contributed by atoms with van der Waals surface area (Å²) >= 11 is 0. The van der Waals surface area contributed by atoms with Gasteiger partial charge in [-0.3, -0.25) is 9.59 Å². The second-order valence-electron chi connectivity index (χ2n) is 7.05. The SMILES string of the molecule is CCCCC[C@H]1CC(=O)C[C@]2(C(=O)Nc3ccccc32)C1(C#N)C#N. The average Bonchev–Trinajstić information content (AvgIpc) is 2.89. The highest BCUT2D eigenvalue weighted by atomic mass is 16.2. The van der Waals surface area contributed by atoms with E-state index in [0.717, 1.165) is 19.3 Å². The molecule has 1 heterocycles. The van der Waals surface area contributed by atoms with Crippen molar-refractivity contribution >= 4 is 17.4 Å². The Morgan fingerprint density at radius 3 is 2.60 bits per heavy atom. The zero-order valence-electron chi connectivity index (χ0n) is 14.3. The third-order valence-electron chi connectivity index (χ3n) is 5.75. The molecule has 128 valence electrons. The second kappa shape index (κ2) is 6.33. The summed E-state index contributed by atoms with van der Waals surface area (Å²) in [6.07, 6.45) is 3.56. The molecule has 1 spiro atoms. The van der Waals surface area contributed by atoms with Gasteiger partial charge in [-0.25, -0.2) is 0 Å². The van der Waals surface area contributed by atoms with Crippen LogP contribution in [0.25, 0.3) is 0 Å². The molecule has 2 atom stereocenters. The summed E-state index contributed by atoms with van der Waals surface area (Å²) in [5.41, 5.74) is -1.72. The van der Waals surface area contributed by atoms with Gasteiger partial charge in [-0.2, -0.15) is 10.5 Å². The lowest BCUT2D eigenvalue weighted by Gasteiger charge is -2.46. The van der Waals surface area contributed by atoms with E-state index < -0.39 is 22.7 Å². The van der Waals surface area contributed by atoms with Crippen LogP contribution in [-0.2, 0) is 15.0 Å². The number of amides is 1. The van der Waals surface area contributed by atoms with Gasteiger partial charge in [0.15, 0.2) is 5.41 Å². The first kappa shape index (κ1) is 17.2. The Bertz CT molecular complexity index is 788. The molecule has 0 saturated heterocycles. The van der Waals surface area contributed by atoms with Gasteiger partial charge in [0.25, 0.3) is 0 Å². The van der Waals surface area contributed by atoms with Gasteiger partial charge < -0.3 is 5.32 Å². The first-order valence-electron chi connectivity index (χ1n) is 8.81. The highest BCUT2D eigenvalue weighted by Gasteiger charge is 2.68. The molecular formula is C20H21N3O2. The molecule has 1 aromatic carbocycles. The summed E-state index contributed by atoms with van der Waals surface area (Å²) in [7, 11) is 0. The topological polar surface area (TPSA) is 93.8 Å². The summed E-state index contributed by atoms with van der Waals surface area (Å²) in [5.74, 6) is -0.868. The van der Waals surface area contributed by atoms with E-state index in [2.05, 4.69) is 24.4 Å². The van der Waals surface area contributed by atoms with E-state index in [0.29, 0.717) is 17.7 Å². The Morgan fingerprint density at radius 2 is 1.92 bits per heavy atom. The van der Waals surface area contributed by atoms with Crippen LogP contribution < -0.4 is 5.32 Å². The third-order valence-corrected chi connectivity index (χ3v) is 5.75. The zero-order valence-corrected chi connectivity index (χ0v) is 14.3. The van der Waals surface area contributed by atoms with E-state index in [1.165, 1.54) is 0 Å². The number of nitrogens with zero attached hydrogens (tertiary/aromatic N) is 2. The molecule has 0 aromatic heterocycles. The van der Waals surface area contributed by atoms with E-state index in [-0.39, 0.29) is 18.6 Å². The number of Topliss-reactive ketones (excluding diaryl/α,β-unsaturated/α-hetero) is 1. The summed E-state index contributed by atoms with van der Waals surface area (Å²) < 4.78 is 0. The number of rotatable bonds is 4. The predicted molar refractivity (Wildman–Crippen MR) is 92.3 cm³/mol. The fraction of sp³-hybridized carbons (Fsp3) is 0.500. The normalized spacial score (nSPS) is 26.6. The van der Waals surface area contributed by atoms with Gasteiger partial charge in [0, 0.05) is 18.5 Å². The van der Waals surface area contributed by atoms with E-state index in [9.17, 15) is 20.1 Å². The largest absolute Gasteiger partial charge is 0.325 e. The first-order valence-corrected chi connectivity index (χ1v) is 8.81. The van der Waals surface area contributed by atoms with Crippen molar-refractivity contribution in [2.24, 2.45) is 11.3 Å². The monoisotopic (exact) mass is 335 g/mol. The fourth-order valence-corrected chi connectivity index (χ4v) is 4.52. The lowest BCUT2D eigenvalue weighted by Crippen LogP contribution is -2.57. The lowest BCUT2D eigenvalue weighted by molar-refractivity contribution is -0.136. The third kappa shape index (κ3) is 2.27. The van der Waals surface area contributed by atoms with Crippen LogP contribution >= 0.6 is 0 Å². The maximum atomic E-state index is 13.0. The minimum Gasteiger partial charge on any atom is -0.325 e. The van der Waals surface area contributed by atoms with Crippen LogP contribution in [0, 0.1) is 34.0 Å². The maximum absolute atomic E-state index is 13.0. The van der Waals surface area contributed by atoms with Crippen LogP contribution in [0.1, 0.15) is 51.0 Å². The molecule has 0 bridgehead atoms. The Morgan fingerprint density at radius 1 is 1.20 bits per heavy atom. The van der Waals surface area contributed by atoms with Crippen molar-refractivity contribution < 1.29 is 9.59 Å². The minimum absolute atomic E-state index is 0.0468. The number of carbonyl (C=O) groups excluding carboxylic acids is 2. The van der Waals surface area contributed by atoms with Crippen molar-refractivity contribution in [3.63, 3.8) is 0 Å². The number of carbonyl (C=O) groups is 2. The van der Waals surface area contributed by atoms with E-state index in [4.69, 9.17) is 0 Å². The summed E-state index contributed by atoms with van der Waals surface area (Å²) in [6, 6.07) is 11.5. The molecule has 1 amide bonds. The Balaban J connectivity index is 2.17. The van der Waals surface area contributed by atoms with E-state index in [1.54, 1.807) is 24.3 Å². The zero-order chi connectivity index (χ0) is 18.1. The molecule has 2 aliphatic rings. The Kier molecular flexibility index (Phi) is 4.35. The maximum Gasteiger partial charge on any atom is 0.238 e. The van der Waals surface area contributed by atoms with Crippen molar-refractivity contribution in [2.45, 2.75) is 50.9 Å². The van der Waals surface area contributed by atoms with Gasteiger partial charge in [0.1, 0.15) is 11.2 Å². The molecule has 1 aliphatic heterocycles. The molecule has 0 radical (unpaired) electrons. The van der Waals surface area contributed by atoms with Gasteiger partial charge in [-0.15, -0.1) is 0 Å². The number of benzene rings is 1. The molecule has 5 nitrogen and oxygen atoms in total. The molecule has 1 saturated carbocycles. The van der Waals surface area contributed by atoms with Crippen molar-refractivity contribution in [3.8, 4) is 12.1 Å². The van der Waals surface area contributed by atoms with E-state index >= 15 is 0 Å². The highest BCUT2D eigenvalue weighted by molar-refractivity contribution is 6.10. The predicted octanol–water partition coefficient (Wildman–Crippen LogP) is 3.47. The summed E-state index contributed by atoms with van der Waals surface area (Å²) in [4.78, 5) is 25.5. The number of unbranched alkanes of at least 4 members (excludes halogenated alkanes) is 2. The van der Waals surface area contributed by atoms with Crippen LogP contribution in [-0.4, -0.2) is 11.7 Å². The Labute approximate surface area is 147 Å². The van der Waals surface area contributed by atoms with E-state index in [1.807, 2.05) is 0 Å². The number of ketones is 1. The molecular weight excluding hydrogens is 314 g/mol. The van der Waals surface area contributed by atoms with Gasteiger partial charge in [0.2, 0.25) is 5.91 Å². The quantitative estimate of drug-likeness (QED) is 0.852. The summed E-state index contributed by atoms with van der Waals surface area (Å²) in [6.45, 7) is 2.08. The van der Waals surface area contributed by atoms with Crippen LogP contribution in [0.4, 0.5) is 5.69 Å². The van der Waals surface area contributed by atoms with Crippen molar-refractivity contribution in [1.29, 1.82) is 10.5 Å². The molecule has 25 heavy (non-hydrogen) atoms. The average molecular weight is 335 g/mol. The molecule has 1 fully saturated rings. The molecule has 3 rings (SSSR count). The van der Waals surface area contributed by atoms with Gasteiger partial charge >= 0.3 is 0 Å². The number of hydrogen-bond donors (Lipinski definition) is 1. The minimum atomic E-state index is -1.52. The lowest BCUT2D eigenvalue weighted by atomic mass is 9.49. The van der Waals surface area contributed by atoms with Gasteiger partial charge in [0.05, 0.1) is 12.1 Å². The fourth-order valence-electron chi connectivity index (χ4n) is 4.52. The molecule has 1 N–H and O–H groups in total. The first-order chi connectivity index (χ1) is 12.1. The molecule has 1 aromatic rings. The summed E-state index contributed by atoms with van der Waals surface area (Å²) in [5, 5.41) is 22.9. The number of nitrogens with one attached hydrogen (secondary N) is 1. The van der Waals surface area contributed by atoms with Crippen molar-refractivity contribution in [1.82, 2.24) is 0 Å². The molecule has 1 aliphatic carbocycles. The van der Waals surface area contributed by atoms with Crippen molar-refractivity contribution in [3.05, 3.63) is 29.8 Å². The highest BCUT2D eigenvalue weighted by Crippen LogP contribution is 2.59. The van der Waals surface area contributed by atoms with Crippen LogP contribution in [0.5, 0.6) is 0 Å². The molecule has 0 unspecified atom stereocenters. The number of anilines is 1. The van der Waals surface area contributed by atoms with Crippen LogP contribution in [0.15, 0.2) is 24.3 Å². The van der Waals surface area contributed by atoms with Crippen molar-refractivity contribution in [2.75, 3.05) is 5.32 Å². The smallest absolute Gasteiger partial charge is 0.238 e.